The molecule has 9 nitrogen and oxygen atoms in total. The van der Waals surface area contributed by atoms with E-state index in [9.17, 15) is 9.59 Å². The molecule has 180 valence electrons. The van der Waals surface area contributed by atoms with Gasteiger partial charge < -0.3 is 15.5 Å². The lowest BCUT2D eigenvalue weighted by Crippen LogP contribution is -2.31. The minimum absolute atomic E-state index is 0.00272. The molecule has 3 aliphatic rings. The Morgan fingerprint density at radius 2 is 1.86 bits per heavy atom. The lowest BCUT2D eigenvalue weighted by atomic mass is 9.95. The summed E-state index contributed by atoms with van der Waals surface area (Å²) in [6.45, 7) is 2.89. The van der Waals surface area contributed by atoms with Crippen LogP contribution in [0.25, 0.3) is 0 Å². The maximum absolute atomic E-state index is 12.9. The Morgan fingerprint density at radius 1 is 1.06 bits per heavy atom. The largest absolute Gasteiger partial charge is 0.384 e. The number of hydrogen-bond donors (Lipinski definition) is 1. The Balaban J connectivity index is 1.05. The van der Waals surface area contributed by atoms with Crippen LogP contribution in [0, 0.1) is 0 Å². The van der Waals surface area contributed by atoms with E-state index in [4.69, 9.17) is 5.73 Å². The Morgan fingerprint density at radius 3 is 2.66 bits per heavy atom. The average Bonchev–Trinajstić information content (AvgIpc) is 3.63. The van der Waals surface area contributed by atoms with Gasteiger partial charge >= 0.3 is 6.03 Å². The molecule has 9 heteroatoms. The molecule has 2 N–H and O–H groups in total. The van der Waals surface area contributed by atoms with E-state index in [1.165, 1.54) is 0 Å². The minimum atomic E-state index is -0.00272. The highest BCUT2D eigenvalue weighted by Gasteiger charge is 2.39. The third kappa shape index (κ3) is 4.26. The van der Waals surface area contributed by atoms with Crippen molar-refractivity contribution in [3.8, 4) is 0 Å². The normalized spacial score (nSPS) is 21.0. The zero-order chi connectivity index (χ0) is 23.9. The highest BCUT2D eigenvalue weighted by atomic mass is 16.2. The zero-order valence-corrected chi connectivity index (χ0v) is 19.6. The Kier molecular flexibility index (Phi) is 5.47. The van der Waals surface area contributed by atoms with Crippen molar-refractivity contribution in [1.29, 1.82) is 0 Å². The van der Waals surface area contributed by atoms with Crippen molar-refractivity contribution in [3.63, 3.8) is 0 Å². The molecule has 6 rings (SSSR count). The van der Waals surface area contributed by atoms with Crippen LogP contribution >= 0.6 is 0 Å². The van der Waals surface area contributed by atoms with Crippen molar-refractivity contribution in [2.24, 2.45) is 0 Å². The number of pyridine rings is 1. The van der Waals surface area contributed by atoms with Gasteiger partial charge in [0.05, 0.1) is 18.8 Å². The second-order valence-corrected chi connectivity index (χ2v) is 9.91. The minimum Gasteiger partial charge on any atom is -0.384 e. The second kappa shape index (κ2) is 8.79. The van der Waals surface area contributed by atoms with E-state index in [0.717, 1.165) is 61.2 Å². The molecule has 1 aromatic carbocycles. The van der Waals surface area contributed by atoms with Crippen LogP contribution in [-0.2, 0) is 19.5 Å². The van der Waals surface area contributed by atoms with Crippen molar-refractivity contribution < 1.29 is 9.59 Å². The number of amides is 2. The highest BCUT2D eigenvalue weighted by molar-refractivity contribution is 5.94. The third-order valence-electron chi connectivity index (χ3n) is 7.52. The van der Waals surface area contributed by atoms with E-state index in [-0.39, 0.29) is 17.7 Å². The summed E-state index contributed by atoms with van der Waals surface area (Å²) in [6, 6.07) is 12.6. The summed E-state index contributed by atoms with van der Waals surface area (Å²) >= 11 is 0. The van der Waals surface area contributed by atoms with E-state index in [2.05, 4.69) is 27.4 Å². The van der Waals surface area contributed by atoms with Crippen molar-refractivity contribution in [2.45, 2.75) is 57.2 Å². The van der Waals surface area contributed by atoms with Crippen LogP contribution in [0.5, 0.6) is 0 Å². The maximum Gasteiger partial charge on any atom is 0.320 e. The summed E-state index contributed by atoms with van der Waals surface area (Å²) in [5.74, 6) is 0.677. The Hall–Kier alpha value is -3.75. The van der Waals surface area contributed by atoms with Crippen LogP contribution in [0.3, 0.4) is 0 Å². The second-order valence-electron chi connectivity index (χ2n) is 9.91. The number of anilines is 1. The summed E-state index contributed by atoms with van der Waals surface area (Å²) < 4.78 is 1.70. The number of nitrogens with two attached hydrogens (primary N) is 1. The first-order valence-electron chi connectivity index (χ1n) is 12.4. The first kappa shape index (κ1) is 21.8. The number of rotatable bonds is 7. The summed E-state index contributed by atoms with van der Waals surface area (Å²) in [7, 11) is 0. The predicted octanol–water partition coefficient (Wildman–Crippen LogP) is 3.01. The van der Waals surface area contributed by atoms with Gasteiger partial charge in [0.25, 0.3) is 0 Å². The first-order valence-corrected chi connectivity index (χ1v) is 12.4. The molecule has 2 fully saturated rings. The SMILES string of the molecule is Nc1ccc2c(n1)CCC2CC(=O)c1cn(Cc2ccc(CN3CC4CCCN4C3=O)cc2)nn1. The number of benzene rings is 1. The van der Waals surface area contributed by atoms with Crippen molar-refractivity contribution >= 4 is 17.6 Å². The number of hydrogen-bond acceptors (Lipinski definition) is 6. The number of nitrogens with zero attached hydrogens (tertiary/aromatic N) is 6. The first-order chi connectivity index (χ1) is 17.0. The van der Waals surface area contributed by atoms with Crippen LogP contribution in [-0.4, -0.2) is 60.7 Å². The number of fused-ring (bicyclic) bond motifs is 2. The van der Waals surface area contributed by atoms with Crippen molar-refractivity contribution in [2.75, 3.05) is 18.8 Å². The molecule has 1 aliphatic carbocycles. The van der Waals surface area contributed by atoms with E-state index in [0.29, 0.717) is 37.1 Å². The third-order valence-corrected chi connectivity index (χ3v) is 7.52. The topological polar surface area (TPSA) is 110 Å². The molecule has 0 radical (unpaired) electrons. The van der Waals surface area contributed by atoms with Crippen molar-refractivity contribution in [1.82, 2.24) is 29.8 Å². The van der Waals surface area contributed by atoms with Crippen LogP contribution < -0.4 is 5.73 Å². The maximum atomic E-state index is 12.9. The molecule has 35 heavy (non-hydrogen) atoms. The van der Waals surface area contributed by atoms with Gasteiger partial charge in [0.2, 0.25) is 0 Å². The summed E-state index contributed by atoms with van der Waals surface area (Å²) in [6.07, 6.45) is 6.12. The average molecular weight is 472 g/mol. The lowest BCUT2D eigenvalue weighted by Gasteiger charge is -2.17. The van der Waals surface area contributed by atoms with E-state index >= 15 is 0 Å². The molecule has 2 amide bonds. The van der Waals surface area contributed by atoms with E-state index in [1.807, 2.05) is 28.0 Å². The number of carbonyl (C=O) groups excluding carboxylic acids is 2. The van der Waals surface area contributed by atoms with Gasteiger partial charge in [-0.05, 0) is 54.4 Å². The molecule has 2 atom stereocenters. The molecule has 4 heterocycles. The fraction of sp³-hybridized carbons (Fsp3) is 0.423. The fourth-order valence-electron chi connectivity index (χ4n) is 5.69. The molecule has 2 aromatic heterocycles. The van der Waals surface area contributed by atoms with E-state index in [1.54, 1.807) is 16.9 Å². The molecule has 0 bridgehead atoms. The number of nitrogen functional groups attached to an aromatic ring is 1. The predicted molar refractivity (Wildman–Crippen MR) is 130 cm³/mol. The molecular weight excluding hydrogens is 442 g/mol. The molecule has 0 spiro atoms. The summed E-state index contributed by atoms with van der Waals surface area (Å²) in [4.78, 5) is 33.7. The number of Topliss-reactive ketones (excluding diaryl/α,β-unsaturated/α-hetero) is 1. The van der Waals surface area contributed by atoms with Gasteiger partial charge in [-0.25, -0.2) is 14.5 Å². The smallest absolute Gasteiger partial charge is 0.320 e. The van der Waals surface area contributed by atoms with Crippen LogP contribution in [0.15, 0.2) is 42.6 Å². The van der Waals surface area contributed by atoms with Gasteiger partial charge in [0.15, 0.2) is 5.78 Å². The summed E-state index contributed by atoms with van der Waals surface area (Å²) in [5, 5.41) is 8.30. The molecular formula is C26H29N7O2. The van der Waals surface area contributed by atoms with Gasteiger partial charge in [-0.2, -0.15) is 0 Å². The summed E-state index contributed by atoms with van der Waals surface area (Å²) in [5.41, 5.74) is 10.5. The number of aromatic nitrogens is 4. The molecule has 2 unspecified atom stereocenters. The van der Waals surface area contributed by atoms with Crippen molar-refractivity contribution in [3.05, 3.63) is 70.7 Å². The van der Waals surface area contributed by atoms with Gasteiger partial charge in [-0.3, -0.25) is 4.79 Å². The van der Waals surface area contributed by atoms with Crippen LogP contribution in [0.4, 0.5) is 10.6 Å². The van der Waals surface area contributed by atoms with Gasteiger partial charge in [0, 0.05) is 31.7 Å². The fourth-order valence-corrected chi connectivity index (χ4v) is 5.69. The van der Waals surface area contributed by atoms with Gasteiger partial charge in [-0.1, -0.05) is 35.5 Å². The molecule has 2 aliphatic heterocycles. The highest BCUT2D eigenvalue weighted by Crippen LogP contribution is 2.35. The number of carbonyl (C=O) groups is 2. The van der Waals surface area contributed by atoms with E-state index < -0.39 is 0 Å². The standard InChI is InChI=1S/C26H29N7O2/c27-25-10-8-21-19(7-9-22(21)28-25)12-24(34)23-16-32(30-29-23)14-18-5-3-17(4-6-18)13-31-15-20-2-1-11-33(20)26(31)35/h3-6,8,10,16,19-20H,1-2,7,9,11-15H2,(H2,27,28). The zero-order valence-electron chi connectivity index (χ0n) is 19.6. The monoisotopic (exact) mass is 471 g/mol. The Bertz CT molecular complexity index is 1270. The van der Waals surface area contributed by atoms with Gasteiger partial charge in [0.1, 0.15) is 11.5 Å². The Labute approximate surface area is 203 Å². The van der Waals surface area contributed by atoms with Crippen LogP contribution in [0.1, 0.15) is 64.5 Å². The van der Waals surface area contributed by atoms with Gasteiger partial charge in [-0.15, -0.1) is 5.10 Å². The quantitative estimate of drug-likeness (QED) is 0.531. The lowest BCUT2D eigenvalue weighted by molar-refractivity contribution is 0.0968. The number of urea groups is 1. The number of ketones is 1. The molecule has 3 aromatic rings. The number of aryl methyl sites for hydroxylation is 1. The van der Waals surface area contributed by atoms with Crippen LogP contribution in [0.2, 0.25) is 0 Å². The molecule has 2 saturated heterocycles. The molecule has 0 saturated carbocycles.